The smallest absolute Gasteiger partial charge is 0.268 e. The molecule has 48 valence electrons. The summed E-state index contributed by atoms with van der Waals surface area (Å²) in [5.74, 6) is 4.47. The van der Waals surface area contributed by atoms with E-state index < -0.39 is 11.4 Å². The molecule has 9 heavy (non-hydrogen) atoms. The van der Waals surface area contributed by atoms with E-state index in [1.165, 1.54) is 0 Å². The maximum absolute atomic E-state index is 12.1. The highest BCUT2D eigenvalue weighted by Crippen LogP contribution is 1.86. The molecule has 0 aliphatic carbocycles. The summed E-state index contributed by atoms with van der Waals surface area (Å²) in [4.78, 5) is 10.4. The first-order chi connectivity index (χ1) is 4.20. The van der Waals surface area contributed by atoms with Crippen molar-refractivity contribution in [1.82, 2.24) is 4.68 Å². The van der Waals surface area contributed by atoms with E-state index in [4.69, 9.17) is 5.84 Å². The second-order valence-corrected chi connectivity index (χ2v) is 1.59. The van der Waals surface area contributed by atoms with Crippen LogP contribution in [0.4, 0.5) is 4.39 Å². The minimum atomic E-state index is -0.517. The normalized spacial score (nSPS) is 9.44. The van der Waals surface area contributed by atoms with Crippen molar-refractivity contribution < 1.29 is 4.39 Å². The Bertz CT molecular complexity index is 268. The Morgan fingerprint density at radius 2 is 2.22 bits per heavy atom. The van der Waals surface area contributed by atoms with Crippen molar-refractivity contribution in [3.8, 4) is 0 Å². The molecule has 1 aromatic heterocycles. The fourth-order valence-electron chi connectivity index (χ4n) is 0.476. The molecule has 0 bridgehead atoms. The molecule has 0 spiro atoms. The predicted octanol–water partition coefficient (Wildman–Crippen LogP) is -0.299. The van der Waals surface area contributed by atoms with Crippen LogP contribution in [0.2, 0.25) is 0 Å². The topological polar surface area (TPSA) is 48.0 Å². The van der Waals surface area contributed by atoms with E-state index in [2.05, 4.69) is 0 Å². The van der Waals surface area contributed by atoms with Gasteiger partial charge in [-0.2, -0.15) is 0 Å². The lowest BCUT2D eigenvalue weighted by molar-refractivity contribution is 0.610. The van der Waals surface area contributed by atoms with E-state index in [1.807, 2.05) is 0 Å². The van der Waals surface area contributed by atoms with Crippen LogP contribution in [0, 0.1) is 5.82 Å². The number of hydrogen-bond acceptors (Lipinski definition) is 2. The van der Waals surface area contributed by atoms with Gasteiger partial charge in [-0.1, -0.05) is 0 Å². The Morgan fingerprint density at radius 3 is 2.67 bits per heavy atom. The molecule has 0 unspecified atom stereocenters. The molecule has 0 aromatic carbocycles. The Hall–Kier alpha value is -1.32. The minimum Gasteiger partial charge on any atom is -0.336 e. The van der Waals surface area contributed by atoms with Gasteiger partial charge in [0.25, 0.3) is 5.56 Å². The van der Waals surface area contributed by atoms with Crippen LogP contribution < -0.4 is 11.4 Å². The highest BCUT2D eigenvalue weighted by molar-refractivity contribution is 4.95. The number of hydrogen-bond donors (Lipinski definition) is 1. The number of rotatable bonds is 0. The first-order valence-electron chi connectivity index (χ1n) is 2.33. The van der Waals surface area contributed by atoms with Crippen LogP contribution in [0.15, 0.2) is 23.1 Å². The van der Waals surface area contributed by atoms with Crippen molar-refractivity contribution >= 4 is 0 Å². The minimum absolute atomic E-state index is 0.420. The molecule has 4 heteroatoms. The van der Waals surface area contributed by atoms with E-state index in [1.54, 1.807) is 0 Å². The van der Waals surface area contributed by atoms with Gasteiger partial charge in [-0.3, -0.25) is 4.79 Å². The lowest BCUT2D eigenvalue weighted by Gasteiger charge is -1.92. The summed E-state index contributed by atoms with van der Waals surface area (Å²) in [6.45, 7) is 0. The molecule has 0 aliphatic rings. The lowest BCUT2D eigenvalue weighted by Crippen LogP contribution is -2.25. The van der Waals surface area contributed by atoms with Crippen LogP contribution in [0.3, 0.4) is 0 Å². The van der Waals surface area contributed by atoms with Gasteiger partial charge in [-0.15, -0.1) is 0 Å². The third-order valence-electron chi connectivity index (χ3n) is 0.902. The van der Waals surface area contributed by atoms with Crippen LogP contribution in [-0.2, 0) is 0 Å². The Morgan fingerprint density at radius 1 is 1.56 bits per heavy atom. The molecule has 2 N–H and O–H groups in total. The average molecular weight is 128 g/mol. The Kier molecular flexibility index (Phi) is 1.22. The van der Waals surface area contributed by atoms with E-state index in [0.29, 0.717) is 4.68 Å². The van der Waals surface area contributed by atoms with E-state index in [9.17, 15) is 9.18 Å². The van der Waals surface area contributed by atoms with Gasteiger partial charge in [0.1, 0.15) is 5.82 Å². The zero-order chi connectivity index (χ0) is 6.85. The number of nitrogen functional groups attached to an aromatic ring is 1. The number of nitrogens with two attached hydrogens (primary N) is 1. The van der Waals surface area contributed by atoms with Crippen LogP contribution in [0.25, 0.3) is 0 Å². The molecule has 0 fully saturated rings. The first-order valence-corrected chi connectivity index (χ1v) is 2.33. The second kappa shape index (κ2) is 1.89. The Balaban J connectivity index is 3.34. The maximum Gasteiger partial charge on any atom is 0.268 e. The zero-order valence-corrected chi connectivity index (χ0v) is 4.54. The van der Waals surface area contributed by atoms with Gasteiger partial charge < -0.3 is 5.84 Å². The molecular weight excluding hydrogens is 123 g/mol. The van der Waals surface area contributed by atoms with Gasteiger partial charge in [-0.25, -0.2) is 9.07 Å². The average Bonchev–Trinajstić information content (AvgIpc) is 1.80. The lowest BCUT2D eigenvalue weighted by atomic mass is 10.5. The molecule has 1 rings (SSSR count). The zero-order valence-electron chi connectivity index (χ0n) is 4.54. The monoisotopic (exact) mass is 128 g/mol. The number of halogens is 1. The standard InChI is InChI=1S/C5H5FN2O/c6-4-1-2-5(9)8(7)3-4/h1-3H,7H2. The van der Waals surface area contributed by atoms with Crippen LogP contribution >= 0.6 is 0 Å². The van der Waals surface area contributed by atoms with Crippen LogP contribution in [0.1, 0.15) is 0 Å². The van der Waals surface area contributed by atoms with Crippen molar-refractivity contribution in [1.29, 1.82) is 0 Å². The third-order valence-corrected chi connectivity index (χ3v) is 0.902. The fraction of sp³-hybridized carbons (Fsp3) is 0. The van der Waals surface area contributed by atoms with Gasteiger partial charge in [0.05, 0.1) is 6.20 Å². The van der Waals surface area contributed by atoms with Gasteiger partial charge in [-0.05, 0) is 6.07 Å². The number of pyridine rings is 1. The molecular formula is C5H5FN2O. The summed E-state index contributed by atoms with van der Waals surface area (Å²) < 4.78 is 12.8. The summed E-state index contributed by atoms with van der Waals surface area (Å²) in [6.07, 6.45) is 0.919. The molecule has 3 nitrogen and oxygen atoms in total. The molecule has 0 radical (unpaired) electrons. The summed E-state index contributed by atoms with van der Waals surface area (Å²) in [5.41, 5.74) is -0.420. The van der Waals surface area contributed by atoms with Crippen LogP contribution in [0.5, 0.6) is 0 Å². The highest BCUT2D eigenvalue weighted by atomic mass is 19.1. The highest BCUT2D eigenvalue weighted by Gasteiger charge is 1.90. The number of aromatic nitrogens is 1. The largest absolute Gasteiger partial charge is 0.336 e. The summed E-state index contributed by atoms with van der Waals surface area (Å²) in [5, 5.41) is 0. The van der Waals surface area contributed by atoms with Crippen molar-refractivity contribution in [2.45, 2.75) is 0 Å². The van der Waals surface area contributed by atoms with Crippen molar-refractivity contribution in [2.24, 2.45) is 0 Å². The summed E-state index contributed by atoms with van der Waals surface area (Å²) in [6, 6.07) is 2.13. The summed E-state index contributed by atoms with van der Waals surface area (Å²) in [7, 11) is 0. The molecule has 0 atom stereocenters. The maximum atomic E-state index is 12.1. The summed E-state index contributed by atoms with van der Waals surface area (Å²) >= 11 is 0. The van der Waals surface area contributed by atoms with Gasteiger partial charge >= 0.3 is 0 Å². The van der Waals surface area contributed by atoms with E-state index in [-0.39, 0.29) is 0 Å². The molecule has 0 saturated carbocycles. The van der Waals surface area contributed by atoms with E-state index in [0.717, 1.165) is 18.3 Å². The first kappa shape index (κ1) is 5.81. The van der Waals surface area contributed by atoms with E-state index >= 15 is 0 Å². The molecule has 0 saturated heterocycles. The van der Waals surface area contributed by atoms with Crippen molar-refractivity contribution in [3.05, 3.63) is 34.5 Å². The molecule has 1 aromatic rings. The predicted molar refractivity (Wildman–Crippen MR) is 30.8 cm³/mol. The van der Waals surface area contributed by atoms with Crippen molar-refractivity contribution in [3.63, 3.8) is 0 Å². The Labute approximate surface area is 50.5 Å². The SMILES string of the molecule is Nn1cc(F)ccc1=O. The quantitative estimate of drug-likeness (QED) is 0.487. The molecule has 1 heterocycles. The second-order valence-electron chi connectivity index (χ2n) is 1.59. The van der Waals surface area contributed by atoms with Crippen LogP contribution in [-0.4, -0.2) is 4.68 Å². The van der Waals surface area contributed by atoms with Crippen molar-refractivity contribution in [2.75, 3.05) is 5.84 Å². The van der Waals surface area contributed by atoms with Gasteiger partial charge in [0.15, 0.2) is 0 Å². The van der Waals surface area contributed by atoms with Gasteiger partial charge in [0.2, 0.25) is 0 Å². The molecule has 0 amide bonds. The molecule has 0 aliphatic heterocycles. The third kappa shape index (κ3) is 1.07. The fourth-order valence-corrected chi connectivity index (χ4v) is 0.476. The number of nitrogens with zero attached hydrogens (tertiary/aromatic N) is 1. The van der Waals surface area contributed by atoms with Gasteiger partial charge in [0, 0.05) is 6.07 Å².